The molecule has 4 heterocycles. The van der Waals surface area contributed by atoms with E-state index < -0.39 is 0 Å². The predicted octanol–water partition coefficient (Wildman–Crippen LogP) is 3.39. The minimum absolute atomic E-state index is 0.0490. The van der Waals surface area contributed by atoms with Crippen LogP contribution in [0, 0.1) is 13.8 Å². The fourth-order valence-corrected chi connectivity index (χ4v) is 3.38. The third-order valence-electron chi connectivity index (χ3n) is 4.75. The van der Waals surface area contributed by atoms with Crippen molar-refractivity contribution in [3.63, 3.8) is 0 Å². The summed E-state index contributed by atoms with van der Waals surface area (Å²) in [6, 6.07) is 7.72. The Morgan fingerprint density at radius 3 is 2.89 bits per heavy atom. The van der Waals surface area contributed by atoms with Crippen molar-refractivity contribution in [2.24, 2.45) is 7.05 Å². The van der Waals surface area contributed by atoms with Gasteiger partial charge in [-0.2, -0.15) is 5.10 Å². The first-order valence-electron chi connectivity index (χ1n) is 9.11. The lowest BCUT2D eigenvalue weighted by Gasteiger charge is -2.32. The Morgan fingerprint density at radius 1 is 1.26 bits per heavy atom. The van der Waals surface area contributed by atoms with Crippen LogP contribution in [0.5, 0.6) is 11.6 Å². The zero-order valence-electron chi connectivity index (χ0n) is 15.9. The van der Waals surface area contributed by atoms with Crippen LogP contribution < -0.4 is 4.74 Å². The normalized spacial score (nSPS) is 18.0. The number of ether oxygens (including phenoxy) is 2. The van der Waals surface area contributed by atoms with Crippen molar-refractivity contribution in [3.05, 3.63) is 59.4 Å². The molecule has 4 rings (SSSR count). The van der Waals surface area contributed by atoms with Crippen LogP contribution in [0.2, 0.25) is 0 Å². The fraction of sp³-hybridized carbons (Fsp3) is 0.400. The van der Waals surface area contributed by atoms with E-state index in [9.17, 15) is 0 Å². The van der Waals surface area contributed by atoms with Gasteiger partial charge in [0.15, 0.2) is 0 Å². The van der Waals surface area contributed by atoms with Gasteiger partial charge in [-0.25, -0.2) is 4.68 Å². The van der Waals surface area contributed by atoms with E-state index in [0.29, 0.717) is 12.4 Å². The van der Waals surface area contributed by atoms with E-state index in [1.165, 1.54) is 0 Å². The summed E-state index contributed by atoms with van der Waals surface area (Å²) >= 11 is 0. The van der Waals surface area contributed by atoms with E-state index in [4.69, 9.17) is 13.9 Å². The summed E-state index contributed by atoms with van der Waals surface area (Å²) in [7, 11) is 1.90. The van der Waals surface area contributed by atoms with Gasteiger partial charge < -0.3 is 13.9 Å². The molecule has 0 aromatic carbocycles. The molecule has 0 unspecified atom stereocenters. The van der Waals surface area contributed by atoms with E-state index in [1.807, 2.05) is 45.2 Å². The molecule has 0 radical (unpaired) electrons. The molecule has 1 atom stereocenters. The van der Waals surface area contributed by atoms with Crippen molar-refractivity contribution in [1.82, 2.24) is 19.7 Å². The average Bonchev–Trinajstić information content (AvgIpc) is 3.21. The summed E-state index contributed by atoms with van der Waals surface area (Å²) in [6.07, 6.45) is 3.38. The molecular formula is C20H24N4O3. The maximum absolute atomic E-state index is 6.08. The Morgan fingerprint density at radius 2 is 2.15 bits per heavy atom. The lowest BCUT2D eigenvalue weighted by atomic mass is 10.2. The van der Waals surface area contributed by atoms with Gasteiger partial charge in [0.2, 0.25) is 5.88 Å². The highest BCUT2D eigenvalue weighted by Gasteiger charge is 2.27. The summed E-state index contributed by atoms with van der Waals surface area (Å²) in [6.45, 7) is 7.01. The highest BCUT2D eigenvalue weighted by Crippen LogP contribution is 2.30. The molecule has 7 nitrogen and oxygen atoms in total. The summed E-state index contributed by atoms with van der Waals surface area (Å²) in [5, 5.41) is 4.55. The van der Waals surface area contributed by atoms with E-state index in [1.54, 1.807) is 17.1 Å². The standard InChI is InChI=1S/C20H24N4O3/c1-14-6-7-18(26-14)19-13-24(9-10-25-19)12-17-15(2)22-23(3)20(17)27-16-5-4-8-21-11-16/h4-8,11,19H,9-10,12-13H2,1-3H3/t19-/m0/s1. The predicted molar refractivity (Wildman–Crippen MR) is 99.7 cm³/mol. The first-order chi connectivity index (χ1) is 13.1. The fourth-order valence-electron chi connectivity index (χ4n) is 3.38. The zero-order valence-corrected chi connectivity index (χ0v) is 15.9. The monoisotopic (exact) mass is 368 g/mol. The van der Waals surface area contributed by atoms with E-state index in [-0.39, 0.29) is 6.10 Å². The van der Waals surface area contributed by atoms with Gasteiger partial charge in [-0.05, 0) is 38.1 Å². The smallest absolute Gasteiger partial charge is 0.222 e. The van der Waals surface area contributed by atoms with Gasteiger partial charge in [0.1, 0.15) is 23.4 Å². The molecule has 0 spiro atoms. The second kappa shape index (κ2) is 7.54. The third kappa shape index (κ3) is 3.89. The average molecular weight is 368 g/mol. The Labute approximate surface area is 158 Å². The first kappa shape index (κ1) is 17.8. The van der Waals surface area contributed by atoms with Crippen LogP contribution in [-0.4, -0.2) is 39.4 Å². The summed E-state index contributed by atoms with van der Waals surface area (Å²) in [5.74, 6) is 3.23. The maximum Gasteiger partial charge on any atom is 0.222 e. The second-order valence-corrected chi connectivity index (χ2v) is 6.83. The van der Waals surface area contributed by atoms with Crippen LogP contribution in [0.25, 0.3) is 0 Å². The van der Waals surface area contributed by atoms with Crippen LogP contribution in [0.1, 0.15) is 28.9 Å². The largest absolute Gasteiger partial charge is 0.464 e. The van der Waals surface area contributed by atoms with Gasteiger partial charge in [-0.3, -0.25) is 9.88 Å². The van der Waals surface area contributed by atoms with Crippen molar-refractivity contribution < 1.29 is 13.9 Å². The number of hydrogen-bond acceptors (Lipinski definition) is 6. The van der Waals surface area contributed by atoms with Crippen molar-refractivity contribution >= 4 is 0 Å². The quantitative estimate of drug-likeness (QED) is 0.688. The van der Waals surface area contributed by atoms with Crippen LogP contribution in [0.15, 0.2) is 41.1 Å². The van der Waals surface area contributed by atoms with Crippen molar-refractivity contribution in [1.29, 1.82) is 0 Å². The molecule has 0 aliphatic carbocycles. The van der Waals surface area contributed by atoms with Gasteiger partial charge in [0, 0.05) is 32.9 Å². The lowest BCUT2D eigenvalue weighted by Crippen LogP contribution is -2.37. The molecule has 27 heavy (non-hydrogen) atoms. The number of furan rings is 1. The molecule has 1 aliphatic rings. The molecule has 0 N–H and O–H groups in total. The highest BCUT2D eigenvalue weighted by molar-refractivity contribution is 5.34. The molecular weight excluding hydrogens is 344 g/mol. The lowest BCUT2D eigenvalue weighted by molar-refractivity contribution is -0.0432. The van der Waals surface area contributed by atoms with Crippen molar-refractivity contribution in [2.45, 2.75) is 26.5 Å². The molecule has 1 saturated heterocycles. The topological polar surface area (TPSA) is 65.6 Å². The SMILES string of the molecule is Cc1ccc([C@@H]2CN(Cc3c(C)nn(C)c3Oc3cccnc3)CCO2)o1. The van der Waals surface area contributed by atoms with Crippen LogP contribution in [0.4, 0.5) is 0 Å². The Balaban J connectivity index is 1.52. The second-order valence-electron chi connectivity index (χ2n) is 6.83. The molecule has 3 aromatic rings. The summed E-state index contributed by atoms with van der Waals surface area (Å²) in [5.41, 5.74) is 2.05. The van der Waals surface area contributed by atoms with Gasteiger partial charge in [-0.15, -0.1) is 0 Å². The first-order valence-corrected chi connectivity index (χ1v) is 9.11. The van der Waals surface area contributed by atoms with Gasteiger partial charge in [0.05, 0.1) is 24.1 Å². The molecule has 142 valence electrons. The maximum atomic E-state index is 6.08. The number of aromatic nitrogens is 3. The molecule has 1 fully saturated rings. The summed E-state index contributed by atoms with van der Waals surface area (Å²) in [4.78, 5) is 6.47. The number of rotatable bonds is 5. The zero-order chi connectivity index (χ0) is 18.8. The number of nitrogens with zero attached hydrogens (tertiary/aromatic N) is 4. The minimum atomic E-state index is -0.0490. The van der Waals surface area contributed by atoms with Gasteiger partial charge in [-0.1, -0.05) is 0 Å². The Hall–Kier alpha value is -2.64. The third-order valence-corrected chi connectivity index (χ3v) is 4.75. The number of hydrogen-bond donors (Lipinski definition) is 0. The number of aryl methyl sites for hydroxylation is 3. The number of morpholine rings is 1. The molecule has 0 bridgehead atoms. The van der Waals surface area contributed by atoms with Crippen molar-refractivity contribution in [2.75, 3.05) is 19.7 Å². The highest BCUT2D eigenvalue weighted by atomic mass is 16.5. The molecule has 1 aliphatic heterocycles. The van der Waals surface area contributed by atoms with E-state index in [2.05, 4.69) is 15.0 Å². The van der Waals surface area contributed by atoms with Gasteiger partial charge >= 0.3 is 0 Å². The molecule has 0 amide bonds. The van der Waals surface area contributed by atoms with Crippen molar-refractivity contribution in [3.8, 4) is 11.6 Å². The number of pyridine rings is 1. The van der Waals surface area contributed by atoms with Gasteiger partial charge in [0.25, 0.3) is 0 Å². The summed E-state index contributed by atoms with van der Waals surface area (Å²) < 4.78 is 19.5. The van der Waals surface area contributed by atoms with E-state index in [0.717, 1.165) is 48.3 Å². The van der Waals surface area contributed by atoms with Crippen LogP contribution in [-0.2, 0) is 18.3 Å². The molecule has 7 heteroatoms. The minimum Gasteiger partial charge on any atom is -0.464 e. The van der Waals surface area contributed by atoms with Crippen LogP contribution in [0.3, 0.4) is 0 Å². The Bertz CT molecular complexity index is 903. The van der Waals surface area contributed by atoms with E-state index >= 15 is 0 Å². The molecule has 0 saturated carbocycles. The van der Waals surface area contributed by atoms with Crippen LogP contribution >= 0.6 is 0 Å². The molecule has 3 aromatic heterocycles. The Kier molecular flexibility index (Phi) is 4.96.